The summed E-state index contributed by atoms with van der Waals surface area (Å²) in [4.78, 5) is 20.5. The average molecular weight is 383 g/mol. The molecular weight excluding hydrogens is 364 g/mol. The summed E-state index contributed by atoms with van der Waals surface area (Å²) >= 11 is 5.95. The van der Waals surface area contributed by atoms with Crippen molar-refractivity contribution in [3.05, 3.63) is 76.7 Å². The van der Waals surface area contributed by atoms with Crippen LogP contribution in [0.25, 0.3) is 0 Å². The molecule has 1 aromatic carbocycles. The smallest absolute Gasteiger partial charge is 0.274 e. The molecule has 2 heterocycles. The van der Waals surface area contributed by atoms with Crippen LogP contribution in [0.15, 0.2) is 54.9 Å². The molecule has 1 unspecified atom stereocenters. The summed E-state index contributed by atoms with van der Waals surface area (Å²) in [7, 11) is 0. The van der Waals surface area contributed by atoms with Gasteiger partial charge in [0.1, 0.15) is 11.8 Å². The Morgan fingerprint density at radius 2 is 2.04 bits per heavy atom. The summed E-state index contributed by atoms with van der Waals surface area (Å²) in [6.07, 6.45) is 2.76. The SMILES string of the molecule is Cc1ccnc(C(=O)Nc2cccc(C(C)Oc3cc(Cl)cnc3N)c2)c1. The van der Waals surface area contributed by atoms with Gasteiger partial charge in [-0.3, -0.25) is 9.78 Å². The van der Waals surface area contributed by atoms with Crippen LogP contribution in [-0.4, -0.2) is 15.9 Å². The zero-order valence-corrected chi connectivity index (χ0v) is 15.7. The first-order valence-corrected chi connectivity index (χ1v) is 8.72. The lowest BCUT2D eigenvalue weighted by atomic mass is 10.1. The predicted molar refractivity (Wildman–Crippen MR) is 106 cm³/mol. The van der Waals surface area contributed by atoms with Crippen LogP contribution in [0.5, 0.6) is 5.75 Å². The van der Waals surface area contributed by atoms with Gasteiger partial charge in [0.15, 0.2) is 11.6 Å². The number of hydrogen-bond acceptors (Lipinski definition) is 5. The van der Waals surface area contributed by atoms with Crippen molar-refractivity contribution in [3.63, 3.8) is 0 Å². The minimum atomic E-state index is -0.318. The molecule has 7 heteroatoms. The van der Waals surface area contributed by atoms with Crippen molar-refractivity contribution in [2.24, 2.45) is 0 Å². The Kier molecular flexibility index (Phi) is 5.57. The molecule has 3 N–H and O–H groups in total. The van der Waals surface area contributed by atoms with Gasteiger partial charge >= 0.3 is 0 Å². The first-order valence-electron chi connectivity index (χ1n) is 8.34. The fourth-order valence-electron chi connectivity index (χ4n) is 2.51. The second kappa shape index (κ2) is 8.05. The first kappa shape index (κ1) is 18.7. The molecule has 1 atom stereocenters. The monoisotopic (exact) mass is 382 g/mol. The van der Waals surface area contributed by atoms with Crippen LogP contribution in [-0.2, 0) is 0 Å². The lowest BCUT2D eigenvalue weighted by Gasteiger charge is -2.17. The van der Waals surface area contributed by atoms with Crippen molar-refractivity contribution >= 4 is 29.0 Å². The molecule has 3 rings (SSSR count). The number of nitrogens with zero attached hydrogens (tertiary/aromatic N) is 2. The number of rotatable bonds is 5. The molecule has 0 saturated carbocycles. The Balaban J connectivity index is 1.74. The summed E-state index contributed by atoms with van der Waals surface area (Å²) in [5, 5.41) is 3.29. The highest BCUT2D eigenvalue weighted by molar-refractivity contribution is 6.30. The molecule has 27 heavy (non-hydrogen) atoms. The Labute approximate surface area is 162 Å². The van der Waals surface area contributed by atoms with E-state index in [0.717, 1.165) is 11.1 Å². The minimum absolute atomic E-state index is 0.265. The topological polar surface area (TPSA) is 90.1 Å². The summed E-state index contributed by atoms with van der Waals surface area (Å²) in [5.74, 6) is 0.405. The number of nitrogens with two attached hydrogens (primary N) is 1. The second-order valence-corrected chi connectivity index (χ2v) is 6.53. The maximum atomic E-state index is 12.4. The van der Waals surface area contributed by atoms with E-state index in [1.165, 1.54) is 6.20 Å². The van der Waals surface area contributed by atoms with Crippen molar-refractivity contribution in [2.45, 2.75) is 20.0 Å². The molecule has 0 spiro atoms. The van der Waals surface area contributed by atoms with Crippen molar-refractivity contribution in [1.82, 2.24) is 9.97 Å². The Hall–Kier alpha value is -3.12. The summed E-state index contributed by atoms with van der Waals surface area (Å²) in [6, 6.07) is 12.6. The molecule has 1 amide bonds. The van der Waals surface area contributed by atoms with Gasteiger partial charge in [0.05, 0.1) is 5.02 Å². The van der Waals surface area contributed by atoms with Gasteiger partial charge < -0.3 is 15.8 Å². The minimum Gasteiger partial charge on any atom is -0.482 e. The van der Waals surface area contributed by atoms with E-state index in [4.69, 9.17) is 22.1 Å². The maximum Gasteiger partial charge on any atom is 0.274 e. The lowest BCUT2D eigenvalue weighted by Crippen LogP contribution is -2.14. The number of hydrogen-bond donors (Lipinski definition) is 2. The summed E-state index contributed by atoms with van der Waals surface area (Å²) < 4.78 is 5.88. The first-order chi connectivity index (χ1) is 12.9. The van der Waals surface area contributed by atoms with E-state index in [1.807, 2.05) is 38.1 Å². The molecule has 2 aromatic heterocycles. The van der Waals surface area contributed by atoms with Crippen LogP contribution in [0.2, 0.25) is 5.02 Å². The quantitative estimate of drug-likeness (QED) is 0.682. The fourth-order valence-corrected chi connectivity index (χ4v) is 2.66. The number of nitrogen functional groups attached to an aromatic ring is 1. The third kappa shape index (κ3) is 4.74. The highest BCUT2D eigenvalue weighted by Crippen LogP contribution is 2.29. The number of benzene rings is 1. The van der Waals surface area contributed by atoms with Gasteiger partial charge in [-0.15, -0.1) is 0 Å². The van der Waals surface area contributed by atoms with Gasteiger partial charge in [-0.25, -0.2) is 4.98 Å². The van der Waals surface area contributed by atoms with Gasteiger partial charge in [-0.2, -0.15) is 0 Å². The molecule has 138 valence electrons. The molecule has 0 radical (unpaired) electrons. The number of nitrogens with one attached hydrogen (secondary N) is 1. The number of anilines is 2. The van der Waals surface area contributed by atoms with Crippen molar-refractivity contribution < 1.29 is 9.53 Å². The molecule has 0 aliphatic heterocycles. The number of ether oxygens (including phenoxy) is 1. The van der Waals surface area contributed by atoms with E-state index in [9.17, 15) is 4.79 Å². The van der Waals surface area contributed by atoms with Crippen LogP contribution < -0.4 is 15.8 Å². The maximum absolute atomic E-state index is 12.4. The number of carbonyl (C=O) groups excluding carboxylic acids is 1. The Morgan fingerprint density at radius 1 is 1.22 bits per heavy atom. The molecule has 0 aliphatic carbocycles. The molecule has 0 aliphatic rings. The van der Waals surface area contributed by atoms with Crippen LogP contribution in [0.4, 0.5) is 11.5 Å². The third-order valence-electron chi connectivity index (χ3n) is 3.91. The van der Waals surface area contributed by atoms with Crippen LogP contribution in [0, 0.1) is 6.92 Å². The van der Waals surface area contributed by atoms with Crippen molar-refractivity contribution in [3.8, 4) is 5.75 Å². The van der Waals surface area contributed by atoms with E-state index in [-0.39, 0.29) is 17.8 Å². The number of aryl methyl sites for hydroxylation is 1. The number of amides is 1. The lowest BCUT2D eigenvalue weighted by molar-refractivity contribution is 0.102. The standard InChI is InChI=1S/C20H19ClN4O2/c1-12-6-7-23-17(8-12)20(26)25-16-5-3-4-14(9-16)13(2)27-18-10-15(21)11-24-19(18)22/h3-11,13H,1-2H3,(H2,22,24)(H,25,26). The third-order valence-corrected chi connectivity index (χ3v) is 4.12. The highest BCUT2D eigenvalue weighted by Gasteiger charge is 2.13. The van der Waals surface area contributed by atoms with Gasteiger partial charge in [-0.05, 0) is 49.2 Å². The zero-order valence-electron chi connectivity index (χ0n) is 14.9. The zero-order chi connectivity index (χ0) is 19.4. The number of aromatic nitrogens is 2. The van der Waals surface area contributed by atoms with E-state index in [2.05, 4.69) is 15.3 Å². The van der Waals surface area contributed by atoms with E-state index in [0.29, 0.717) is 22.2 Å². The summed E-state index contributed by atoms with van der Waals surface area (Å²) in [5.41, 5.74) is 8.68. The van der Waals surface area contributed by atoms with E-state index in [1.54, 1.807) is 24.4 Å². The highest BCUT2D eigenvalue weighted by atomic mass is 35.5. The largest absolute Gasteiger partial charge is 0.482 e. The fraction of sp³-hybridized carbons (Fsp3) is 0.150. The normalized spacial score (nSPS) is 11.7. The van der Waals surface area contributed by atoms with Gasteiger partial charge in [0, 0.05) is 24.1 Å². The Morgan fingerprint density at radius 3 is 2.81 bits per heavy atom. The molecule has 3 aromatic rings. The average Bonchev–Trinajstić information content (AvgIpc) is 2.65. The van der Waals surface area contributed by atoms with Crippen molar-refractivity contribution in [2.75, 3.05) is 11.1 Å². The van der Waals surface area contributed by atoms with E-state index < -0.39 is 0 Å². The van der Waals surface area contributed by atoms with Gasteiger partial charge in [-0.1, -0.05) is 23.7 Å². The molecule has 6 nitrogen and oxygen atoms in total. The van der Waals surface area contributed by atoms with Crippen LogP contribution in [0.1, 0.15) is 34.6 Å². The number of halogens is 1. The van der Waals surface area contributed by atoms with Crippen LogP contribution >= 0.6 is 11.6 Å². The predicted octanol–water partition coefficient (Wildman–Crippen LogP) is 4.41. The molecular formula is C20H19ClN4O2. The van der Waals surface area contributed by atoms with E-state index >= 15 is 0 Å². The Bertz CT molecular complexity index is 978. The second-order valence-electron chi connectivity index (χ2n) is 6.10. The molecule has 0 saturated heterocycles. The summed E-state index contributed by atoms with van der Waals surface area (Å²) in [6.45, 7) is 3.79. The van der Waals surface area contributed by atoms with Crippen molar-refractivity contribution in [1.29, 1.82) is 0 Å². The van der Waals surface area contributed by atoms with Gasteiger partial charge in [0.25, 0.3) is 5.91 Å². The molecule has 0 fully saturated rings. The number of carbonyl (C=O) groups is 1. The molecule has 0 bridgehead atoms. The van der Waals surface area contributed by atoms with Gasteiger partial charge in [0.2, 0.25) is 0 Å². The van der Waals surface area contributed by atoms with Crippen LogP contribution in [0.3, 0.4) is 0 Å². The number of pyridine rings is 2.